The van der Waals surface area contributed by atoms with Crippen molar-refractivity contribution in [1.82, 2.24) is 15.1 Å². The van der Waals surface area contributed by atoms with Gasteiger partial charge >= 0.3 is 5.69 Å². The first kappa shape index (κ1) is 14.5. The number of amides is 1. The first-order chi connectivity index (χ1) is 10.0. The topological polar surface area (TPSA) is 128 Å². The molecule has 0 saturated carbocycles. The first-order valence-corrected chi connectivity index (χ1v) is 6.03. The minimum Gasteiger partial charge on any atom is -0.346 e. The summed E-state index contributed by atoms with van der Waals surface area (Å²) in [6, 6.07) is 6.06. The monoisotopic (exact) mass is 290 g/mol. The zero-order valence-electron chi connectivity index (χ0n) is 11.2. The van der Waals surface area contributed by atoms with E-state index in [1.807, 2.05) is 0 Å². The number of hydrogen-bond donors (Lipinski definition) is 3. The fraction of sp³-hybridized carbons (Fsp3) is 0.167. The maximum Gasteiger partial charge on any atom is 0.306 e. The van der Waals surface area contributed by atoms with E-state index in [9.17, 15) is 14.9 Å². The van der Waals surface area contributed by atoms with Gasteiger partial charge in [-0.1, -0.05) is 6.07 Å². The number of carbonyl (C=O) groups excluding carboxylic acids is 1. The van der Waals surface area contributed by atoms with E-state index in [0.29, 0.717) is 0 Å². The number of nitrogen functional groups attached to an aromatic ring is 1. The van der Waals surface area contributed by atoms with Crippen LogP contribution in [0.2, 0.25) is 0 Å². The van der Waals surface area contributed by atoms with Crippen molar-refractivity contribution in [3.8, 4) is 0 Å². The number of nitrogens with two attached hydrogens (primary N) is 1. The van der Waals surface area contributed by atoms with Gasteiger partial charge in [0.15, 0.2) is 0 Å². The van der Waals surface area contributed by atoms with Crippen LogP contribution in [0.5, 0.6) is 0 Å². The van der Waals surface area contributed by atoms with Crippen molar-refractivity contribution in [2.45, 2.75) is 6.54 Å². The van der Waals surface area contributed by atoms with Crippen molar-refractivity contribution in [2.24, 2.45) is 12.9 Å². The molecule has 0 fully saturated rings. The lowest BCUT2D eigenvalue weighted by atomic mass is 10.1. The highest BCUT2D eigenvalue weighted by Crippen LogP contribution is 2.27. The first-order valence-electron chi connectivity index (χ1n) is 6.03. The molecule has 0 bridgehead atoms. The van der Waals surface area contributed by atoms with Crippen molar-refractivity contribution in [1.29, 1.82) is 0 Å². The summed E-state index contributed by atoms with van der Waals surface area (Å²) in [5.74, 6) is 4.68. The summed E-state index contributed by atoms with van der Waals surface area (Å²) >= 11 is 0. The summed E-state index contributed by atoms with van der Waals surface area (Å²) < 4.78 is 1.60. The fourth-order valence-electron chi connectivity index (χ4n) is 1.88. The molecule has 0 aliphatic heterocycles. The zero-order chi connectivity index (χ0) is 15.4. The number of nitro benzene ring substituents is 1. The second-order valence-electron chi connectivity index (χ2n) is 4.23. The summed E-state index contributed by atoms with van der Waals surface area (Å²) in [5, 5.41) is 17.7. The van der Waals surface area contributed by atoms with Gasteiger partial charge in [-0.05, 0) is 18.2 Å². The Morgan fingerprint density at radius 3 is 2.81 bits per heavy atom. The Morgan fingerprint density at radius 1 is 1.48 bits per heavy atom. The second-order valence-corrected chi connectivity index (χ2v) is 4.23. The highest BCUT2D eigenvalue weighted by molar-refractivity contribution is 6.00. The number of aryl methyl sites for hydroxylation is 1. The van der Waals surface area contributed by atoms with Crippen LogP contribution in [0.3, 0.4) is 0 Å². The Labute approximate surface area is 119 Å². The highest BCUT2D eigenvalue weighted by atomic mass is 16.6. The standard InChI is InChI=1S/C12H14N6O3/c1-17-8(5-6-15-17)7-14-12(19)9-3-2-4-10(16-13)11(9)18(20)21/h2-6,16H,7,13H2,1H3,(H,14,19). The number of carbonyl (C=O) groups is 1. The molecule has 0 atom stereocenters. The Bertz CT molecular complexity index is 681. The third kappa shape index (κ3) is 2.98. The van der Waals surface area contributed by atoms with Crippen LogP contribution in [0.25, 0.3) is 0 Å². The van der Waals surface area contributed by atoms with Gasteiger partial charge in [-0.15, -0.1) is 0 Å². The van der Waals surface area contributed by atoms with Crippen molar-refractivity contribution >= 4 is 17.3 Å². The Balaban J connectivity index is 2.23. The molecule has 9 nitrogen and oxygen atoms in total. The van der Waals surface area contributed by atoms with Gasteiger partial charge < -0.3 is 10.7 Å². The number of para-hydroxylation sites is 1. The maximum absolute atomic E-state index is 12.1. The smallest absolute Gasteiger partial charge is 0.306 e. The zero-order valence-corrected chi connectivity index (χ0v) is 11.2. The van der Waals surface area contributed by atoms with Crippen LogP contribution in [0.1, 0.15) is 16.1 Å². The molecule has 0 spiro atoms. The molecule has 1 aromatic heterocycles. The molecule has 9 heteroatoms. The third-order valence-corrected chi connectivity index (χ3v) is 2.97. The minimum absolute atomic E-state index is 0.0578. The van der Waals surface area contributed by atoms with Gasteiger partial charge in [-0.25, -0.2) is 0 Å². The van der Waals surface area contributed by atoms with Crippen LogP contribution >= 0.6 is 0 Å². The van der Waals surface area contributed by atoms with Crippen LogP contribution in [0, 0.1) is 10.1 Å². The molecule has 2 aromatic rings. The minimum atomic E-state index is -0.645. The molecule has 0 aliphatic rings. The quantitative estimate of drug-likeness (QED) is 0.419. The van der Waals surface area contributed by atoms with Gasteiger partial charge in [0.05, 0.1) is 17.2 Å². The summed E-state index contributed by atoms with van der Waals surface area (Å²) in [6.45, 7) is 0.215. The lowest BCUT2D eigenvalue weighted by molar-refractivity contribution is -0.384. The Hall–Kier alpha value is -2.94. The van der Waals surface area contributed by atoms with Crippen molar-refractivity contribution in [3.05, 3.63) is 51.8 Å². The number of aromatic nitrogens is 2. The van der Waals surface area contributed by atoms with Gasteiger partial charge in [-0.3, -0.25) is 25.4 Å². The summed E-state index contributed by atoms with van der Waals surface area (Å²) in [7, 11) is 1.74. The molecule has 1 aromatic carbocycles. The number of rotatable bonds is 5. The van der Waals surface area contributed by atoms with Gasteiger partial charge in [0.1, 0.15) is 11.3 Å². The number of nitrogens with zero attached hydrogens (tertiary/aromatic N) is 3. The molecule has 0 saturated heterocycles. The average Bonchev–Trinajstić information content (AvgIpc) is 2.89. The summed E-state index contributed by atoms with van der Waals surface area (Å²) in [5.41, 5.74) is 2.65. The van der Waals surface area contributed by atoms with E-state index in [2.05, 4.69) is 15.8 Å². The van der Waals surface area contributed by atoms with E-state index in [1.54, 1.807) is 24.0 Å². The predicted molar refractivity (Wildman–Crippen MR) is 75.3 cm³/mol. The van der Waals surface area contributed by atoms with E-state index < -0.39 is 10.8 Å². The SMILES string of the molecule is Cn1nccc1CNC(=O)c1cccc(NN)c1[N+](=O)[O-]. The normalized spacial score (nSPS) is 10.2. The molecule has 1 heterocycles. The summed E-state index contributed by atoms with van der Waals surface area (Å²) in [6.07, 6.45) is 1.60. The molecule has 110 valence electrons. The average molecular weight is 290 g/mol. The van der Waals surface area contributed by atoms with E-state index >= 15 is 0 Å². The molecule has 0 radical (unpaired) electrons. The number of nitrogens with one attached hydrogen (secondary N) is 2. The van der Waals surface area contributed by atoms with E-state index in [0.717, 1.165) is 5.69 Å². The van der Waals surface area contributed by atoms with Gasteiger partial charge in [0.2, 0.25) is 0 Å². The molecular formula is C12H14N6O3. The number of nitro groups is 1. The molecule has 0 aliphatic carbocycles. The van der Waals surface area contributed by atoms with Crippen LogP contribution in [0.4, 0.5) is 11.4 Å². The van der Waals surface area contributed by atoms with E-state index in [-0.39, 0.29) is 23.5 Å². The Morgan fingerprint density at radius 2 is 2.24 bits per heavy atom. The van der Waals surface area contributed by atoms with E-state index in [1.165, 1.54) is 18.2 Å². The fourth-order valence-corrected chi connectivity index (χ4v) is 1.88. The van der Waals surface area contributed by atoms with Crippen LogP contribution in [0.15, 0.2) is 30.5 Å². The van der Waals surface area contributed by atoms with Crippen LogP contribution in [-0.4, -0.2) is 20.6 Å². The molecule has 21 heavy (non-hydrogen) atoms. The second kappa shape index (κ2) is 6.01. The third-order valence-electron chi connectivity index (χ3n) is 2.97. The van der Waals surface area contributed by atoms with E-state index in [4.69, 9.17) is 5.84 Å². The Kier molecular flexibility index (Phi) is 4.14. The van der Waals surface area contributed by atoms with Crippen LogP contribution < -0.4 is 16.6 Å². The molecule has 2 rings (SSSR count). The largest absolute Gasteiger partial charge is 0.346 e. The molecule has 0 unspecified atom stereocenters. The molecular weight excluding hydrogens is 276 g/mol. The molecule has 1 amide bonds. The van der Waals surface area contributed by atoms with Gasteiger partial charge in [0, 0.05) is 13.2 Å². The number of hydrogen-bond acceptors (Lipinski definition) is 6. The van der Waals surface area contributed by atoms with Crippen LogP contribution in [-0.2, 0) is 13.6 Å². The number of anilines is 1. The highest BCUT2D eigenvalue weighted by Gasteiger charge is 2.24. The summed E-state index contributed by atoms with van der Waals surface area (Å²) in [4.78, 5) is 22.6. The van der Waals surface area contributed by atoms with Gasteiger partial charge in [-0.2, -0.15) is 5.10 Å². The maximum atomic E-state index is 12.1. The molecule has 4 N–H and O–H groups in total. The van der Waals surface area contributed by atoms with Crippen molar-refractivity contribution in [3.63, 3.8) is 0 Å². The van der Waals surface area contributed by atoms with Crippen molar-refractivity contribution in [2.75, 3.05) is 5.43 Å². The van der Waals surface area contributed by atoms with Crippen molar-refractivity contribution < 1.29 is 9.72 Å². The van der Waals surface area contributed by atoms with Gasteiger partial charge in [0.25, 0.3) is 5.91 Å². The lowest BCUT2D eigenvalue weighted by Crippen LogP contribution is -2.25. The number of hydrazine groups is 1. The number of benzene rings is 1. The lowest BCUT2D eigenvalue weighted by Gasteiger charge is -2.08. The predicted octanol–water partition coefficient (Wildman–Crippen LogP) is 0.544.